The van der Waals surface area contributed by atoms with Gasteiger partial charge in [-0.2, -0.15) is 23.3 Å². The number of carbonyl (C=O) groups excluding carboxylic acids is 1. The Kier molecular flexibility index (Phi) is 7.42. The Morgan fingerprint density at radius 1 is 1.29 bits per heavy atom. The first kappa shape index (κ1) is 22.2. The molecule has 1 saturated heterocycles. The molecule has 2 heterocycles. The molecule has 1 amide bonds. The minimum Gasteiger partial charge on any atom is -0.317 e. The van der Waals surface area contributed by atoms with E-state index in [-0.39, 0.29) is 29.8 Å². The highest BCUT2D eigenvalue weighted by molar-refractivity contribution is 5.89. The minimum absolute atomic E-state index is 0. The summed E-state index contributed by atoms with van der Waals surface area (Å²) in [5.41, 5.74) is 0.0634. The fourth-order valence-electron chi connectivity index (χ4n) is 3.24. The second kappa shape index (κ2) is 9.38. The molecule has 0 aliphatic carbocycles. The zero-order valence-corrected chi connectivity index (χ0v) is 16.2. The largest absolute Gasteiger partial charge is 0.396 e. The Balaban J connectivity index is 0.00000280. The van der Waals surface area contributed by atoms with E-state index in [4.69, 9.17) is 0 Å². The van der Waals surface area contributed by atoms with Crippen molar-refractivity contribution in [1.29, 1.82) is 0 Å². The molecule has 1 aromatic heterocycles. The summed E-state index contributed by atoms with van der Waals surface area (Å²) in [6.45, 7) is 1.74. The van der Waals surface area contributed by atoms with Crippen LogP contribution in [0.2, 0.25) is 0 Å². The summed E-state index contributed by atoms with van der Waals surface area (Å²) in [4.78, 5) is 16.6. The van der Waals surface area contributed by atoms with Gasteiger partial charge in [-0.25, -0.2) is 4.68 Å². The molecule has 0 saturated carbocycles. The van der Waals surface area contributed by atoms with Crippen molar-refractivity contribution in [2.45, 2.75) is 37.3 Å². The van der Waals surface area contributed by atoms with E-state index in [0.717, 1.165) is 25.9 Å². The van der Waals surface area contributed by atoms with Crippen molar-refractivity contribution < 1.29 is 18.0 Å². The lowest BCUT2D eigenvalue weighted by Gasteiger charge is -2.20. The van der Waals surface area contributed by atoms with E-state index in [2.05, 4.69) is 20.7 Å². The van der Waals surface area contributed by atoms with Gasteiger partial charge in [0.2, 0.25) is 11.9 Å². The summed E-state index contributed by atoms with van der Waals surface area (Å²) in [6.07, 6.45) is -3.44. The highest BCUT2D eigenvalue weighted by Gasteiger charge is 2.42. The van der Waals surface area contributed by atoms with Crippen molar-refractivity contribution in [2.75, 3.05) is 18.4 Å². The molecule has 1 aliphatic heterocycles. The number of aryl methyl sites for hydroxylation is 1. The van der Waals surface area contributed by atoms with Crippen molar-refractivity contribution in [3.63, 3.8) is 0 Å². The molecule has 6 nitrogen and oxygen atoms in total. The SMILES string of the molecule is Cl.Cn1nc(C2CCNCC2)nc1NC(=O)CC(c1ccccc1)C(F)(F)F. The Morgan fingerprint density at radius 3 is 2.54 bits per heavy atom. The van der Waals surface area contributed by atoms with Crippen LogP contribution in [0.1, 0.15) is 42.5 Å². The van der Waals surface area contributed by atoms with Crippen molar-refractivity contribution in [3.8, 4) is 0 Å². The molecule has 0 radical (unpaired) electrons. The molecule has 1 fully saturated rings. The topological polar surface area (TPSA) is 71.8 Å². The number of benzene rings is 1. The van der Waals surface area contributed by atoms with Gasteiger partial charge in [-0.3, -0.25) is 10.1 Å². The van der Waals surface area contributed by atoms with Crippen LogP contribution in [0.5, 0.6) is 0 Å². The second-order valence-corrected chi connectivity index (χ2v) is 6.70. The number of nitrogens with one attached hydrogen (secondary N) is 2. The van der Waals surface area contributed by atoms with E-state index >= 15 is 0 Å². The third kappa shape index (κ3) is 5.45. The van der Waals surface area contributed by atoms with E-state index in [1.165, 1.54) is 28.9 Å². The van der Waals surface area contributed by atoms with Gasteiger partial charge in [0.05, 0.1) is 5.92 Å². The number of anilines is 1. The smallest absolute Gasteiger partial charge is 0.317 e. The number of piperidine rings is 1. The minimum atomic E-state index is -4.52. The van der Waals surface area contributed by atoms with Gasteiger partial charge >= 0.3 is 6.18 Å². The molecular weight excluding hydrogens is 395 g/mol. The molecule has 1 aromatic carbocycles. The number of halogens is 4. The lowest BCUT2D eigenvalue weighted by atomic mass is 9.95. The Bertz CT molecular complexity index is 775. The van der Waals surface area contributed by atoms with E-state index in [1.807, 2.05) is 0 Å². The lowest BCUT2D eigenvalue weighted by Crippen LogP contribution is -2.27. The Morgan fingerprint density at radius 2 is 1.93 bits per heavy atom. The molecule has 0 spiro atoms. The van der Waals surface area contributed by atoms with Crippen molar-refractivity contribution in [1.82, 2.24) is 20.1 Å². The fourth-order valence-corrected chi connectivity index (χ4v) is 3.24. The Hall–Kier alpha value is -2.13. The summed E-state index contributed by atoms with van der Waals surface area (Å²) in [7, 11) is 1.62. The molecule has 1 unspecified atom stereocenters. The predicted molar refractivity (Wildman–Crippen MR) is 102 cm³/mol. The highest BCUT2D eigenvalue weighted by Crippen LogP contribution is 2.37. The van der Waals surface area contributed by atoms with E-state index < -0.39 is 24.4 Å². The number of nitrogens with zero attached hydrogens (tertiary/aromatic N) is 3. The van der Waals surface area contributed by atoms with Gasteiger partial charge < -0.3 is 5.32 Å². The first-order chi connectivity index (χ1) is 12.8. The van der Waals surface area contributed by atoms with Crippen LogP contribution in [0.15, 0.2) is 30.3 Å². The molecular formula is C18H23ClF3N5O. The molecule has 1 atom stereocenters. The molecule has 28 heavy (non-hydrogen) atoms. The van der Waals surface area contributed by atoms with Crippen LogP contribution in [-0.2, 0) is 11.8 Å². The summed E-state index contributed by atoms with van der Waals surface area (Å²) in [5, 5.41) is 10.0. The van der Waals surface area contributed by atoms with Crippen LogP contribution in [-0.4, -0.2) is 39.9 Å². The maximum atomic E-state index is 13.4. The van der Waals surface area contributed by atoms with Gasteiger partial charge in [-0.1, -0.05) is 30.3 Å². The molecule has 1 aliphatic rings. The van der Waals surface area contributed by atoms with Crippen LogP contribution in [0, 0.1) is 0 Å². The van der Waals surface area contributed by atoms with Crippen LogP contribution in [0.25, 0.3) is 0 Å². The summed E-state index contributed by atoms with van der Waals surface area (Å²) >= 11 is 0. The Labute approximate surface area is 167 Å². The summed E-state index contributed by atoms with van der Waals surface area (Å²) in [5.74, 6) is -1.63. The number of rotatable bonds is 5. The average molecular weight is 418 g/mol. The highest BCUT2D eigenvalue weighted by atomic mass is 35.5. The summed E-state index contributed by atoms with van der Waals surface area (Å²) in [6, 6.07) is 7.45. The van der Waals surface area contributed by atoms with Crippen molar-refractivity contribution in [3.05, 3.63) is 41.7 Å². The third-order valence-corrected chi connectivity index (χ3v) is 4.72. The van der Waals surface area contributed by atoms with E-state index in [1.54, 1.807) is 13.1 Å². The molecule has 3 rings (SSSR count). The standard InChI is InChI=1S/C18H22F3N5O.ClH/c1-26-17(24-16(25-26)13-7-9-22-10-8-13)23-15(27)11-14(18(19,20)21)12-5-3-2-4-6-12;/h2-6,13-14,22H,7-11H2,1H3,(H,23,24,25,27);1H. The number of alkyl halides is 3. The number of hydrogen-bond acceptors (Lipinski definition) is 4. The van der Waals surface area contributed by atoms with Crippen molar-refractivity contribution in [2.24, 2.45) is 7.05 Å². The molecule has 2 N–H and O–H groups in total. The first-order valence-electron chi connectivity index (χ1n) is 8.87. The van der Waals surface area contributed by atoms with Gasteiger partial charge in [0.1, 0.15) is 0 Å². The van der Waals surface area contributed by atoms with Crippen LogP contribution < -0.4 is 10.6 Å². The molecule has 2 aromatic rings. The predicted octanol–water partition coefficient (Wildman–Crippen LogP) is 3.38. The lowest BCUT2D eigenvalue weighted by molar-refractivity contribution is -0.156. The third-order valence-electron chi connectivity index (χ3n) is 4.72. The maximum Gasteiger partial charge on any atom is 0.396 e. The van der Waals surface area contributed by atoms with Gasteiger partial charge in [0.25, 0.3) is 0 Å². The zero-order valence-electron chi connectivity index (χ0n) is 15.4. The normalized spacial score (nSPS) is 16.3. The molecule has 10 heteroatoms. The maximum absolute atomic E-state index is 13.4. The van der Waals surface area contributed by atoms with E-state index in [0.29, 0.717) is 5.82 Å². The summed E-state index contributed by atoms with van der Waals surface area (Å²) < 4.78 is 41.6. The van der Waals surface area contributed by atoms with Gasteiger partial charge in [-0.05, 0) is 31.5 Å². The van der Waals surface area contributed by atoms with E-state index in [9.17, 15) is 18.0 Å². The number of hydrogen-bond donors (Lipinski definition) is 2. The monoisotopic (exact) mass is 417 g/mol. The zero-order chi connectivity index (χ0) is 19.4. The molecule has 0 bridgehead atoms. The first-order valence-corrected chi connectivity index (χ1v) is 8.87. The number of aromatic nitrogens is 3. The number of carbonyl (C=O) groups is 1. The van der Waals surface area contributed by atoms with Gasteiger partial charge in [0.15, 0.2) is 5.82 Å². The second-order valence-electron chi connectivity index (χ2n) is 6.70. The average Bonchev–Trinajstić information content (AvgIpc) is 3.01. The quantitative estimate of drug-likeness (QED) is 0.782. The van der Waals surface area contributed by atoms with Gasteiger partial charge in [-0.15, -0.1) is 12.4 Å². The fraction of sp³-hybridized carbons (Fsp3) is 0.500. The van der Waals surface area contributed by atoms with Crippen LogP contribution >= 0.6 is 12.4 Å². The van der Waals surface area contributed by atoms with Gasteiger partial charge in [0, 0.05) is 19.4 Å². The van der Waals surface area contributed by atoms with Crippen molar-refractivity contribution >= 4 is 24.3 Å². The molecule has 154 valence electrons. The van der Waals surface area contributed by atoms with Crippen LogP contribution in [0.4, 0.5) is 19.1 Å². The number of amides is 1. The van der Waals surface area contributed by atoms with Crippen LogP contribution in [0.3, 0.4) is 0 Å².